The van der Waals surface area contributed by atoms with Crippen LogP contribution in [0, 0.1) is 0 Å². The van der Waals surface area contributed by atoms with Crippen LogP contribution in [-0.2, 0) is 6.54 Å². The molecule has 0 saturated carbocycles. The molecule has 126 valence electrons. The molecule has 3 aromatic heterocycles. The zero-order chi connectivity index (χ0) is 17.2. The van der Waals surface area contributed by atoms with Gasteiger partial charge in [0.25, 0.3) is 0 Å². The van der Waals surface area contributed by atoms with E-state index in [2.05, 4.69) is 70.8 Å². The molecule has 0 unspecified atom stereocenters. The molecule has 0 saturated heterocycles. The first-order valence-corrected chi connectivity index (χ1v) is 9.33. The Kier molecular flexibility index (Phi) is 4.24. The zero-order valence-electron chi connectivity index (χ0n) is 14.3. The van der Waals surface area contributed by atoms with Gasteiger partial charge in [-0.2, -0.15) is 16.4 Å². The van der Waals surface area contributed by atoms with Crippen LogP contribution < -0.4 is 0 Å². The molecule has 0 spiro atoms. The topological polar surface area (TPSA) is 35.6 Å². The largest absolute Gasteiger partial charge is 0.325 e. The first-order chi connectivity index (χ1) is 12.2. The second-order valence-corrected chi connectivity index (χ2v) is 7.15. The summed E-state index contributed by atoms with van der Waals surface area (Å²) in [6, 6.07) is 12.9. The van der Waals surface area contributed by atoms with Crippen LogP contribution in [-0.4, -0.2) is 19.3 Å². The zero-order valence-corrected chi connectivity index (χ0v) is 15.1. The van der Waals surface area contributed by atoms with Crippen LogP contribution >= 0.6 is 11.3 Å². The summed E-state index contributed by atoms with van der Waals surface area (Å²) in [5.74, 6) is 0. The molecule has 4 nitrogen and oxygen atoms in total. The predicted octanol–water partition coefficient (Wildman–Crippen LogP) is 5.10. The van der Waals surface area contributed by atoms with E-state index in [9.17, 15) is 0 Å². The molecular weight excluding hydrogens is 328 g/mol. The lowest BCUT2D eigenvalue weighted by molar-refractivity contribution is 0.532. The van der Waals surface area contributed by atoms with E-state index in [1.165, 1.54) is 11.1 Å². The van der Waals surface area contributed by atoms with Gasteiger partial charge in [0.05, 0.1) is 30.5 Å². The summed E-state index contributed by atoms with van der Waals surface area (Å²) in [7, 11) is 0. The van der Waals surface area contributed by atoms with Crippen molar-refractivity contribution in [2.45, 2.75) is 26.4 Å². The number of nitrogens with zero attached hydrogens (tertiary/aromatic N) is 4. The second kappa shape index (κ2) is 6.69. The van der Waals surface area contributed by atoms with Gasteiger partial charge in [-0.3, -0.25) is 4.68 Å². The van der Waals surface area contributed by atoms with E-state index in [0.29, 0.717) is 6.04 Å². The Bertz CT molecular complexity index is 949. The van der Waals surface area contributed by atoms with Crippen LogP contribution in [0.3, 0.4) is 0 Å². The lowest BCUT2D eigenvalue weighted by atomic mass is 10.1. The number of rotatable bonds is 5. The highest BCUT2D eigenvalue weighted by molar-refractivity contribution is 7.08. The molecule has 0 aliphatic rings. The Labute approximate surface area is 151 Å². The van der Waals surface area contributed by atoms with E-state index in [1.54, 1.807) is 11.3 Å². The minimum Gasteiger partial charge on any atom is -0.325 e. The third-order valence-corrected chi connectivity index (χ3v) is 4.90. The molecule has 0 amide bonds. The van der Waals surface area contributed by atoms with Crippen molar-refractivity contribution in [3.05, 3.63) is 71.4 Å². The number of hydrogen-bond acceptors (Lipinski definition) is 3. The average molecular weight is 348 g/mol. The fraction of sp³-hybridized carbons (Fsp3) is 0.200. The number of imidazole rings is 1. The van der Waals surface area contributed by atoms with E-state index in [1.807, 2.05) is 23.3 Å². The average Bonchev–Trinajstić information content (AvgIpc) is 3.36. The van der Waals surface area contributed by atoms with E-state index < -0.39 is 0 Å². The van der Waals surface area contributed by atoms with Crippen LogP contribution in [0.1, 0.15) is 25.5 Å². The molecule has 5 heteroatoms. The van der Waals surface area contributed by atoms with Crippen LogP contribution in [0.4, 0.5) is 0 Å². The Hall–Kier alpha value is -2.66. The Morgan fingerprint density at radius 1 is 1.08 bits per heavy atom. The SMILES string of the molecule is CC(C)n1cc(Cn2cnc(-c3ccccc3)c2-c2ccsc2)cn1. The summed E-state index contributed by atoms with van der Waals surface area (Å²) < 4.78 is 4.21. The highest BCUT2D eigenvalue weighted by atomic mass is 32.1. The molecule has 0 aliphatic heterocycles. The minimum absolute atomic E-state index is 0.368. The number of hydrogen-bond donors (Lipinski definition) is 0. The van der Waals surface area contributed by atoms with Gasteiger partial charge in [0.2, 0.25) is 0 Å². The lowest BCUT2D eigenvalue weighted by Gasteiger charge is -2.08. The smallest absolute Gasteiger partial charge is 0.0963 e. The van der Waals surface area contributed by atoms with Crippen LogP contribution in [0.25, 0.3) is 22.5 Å². The second-order valence-electron chi connectivity index (χ2n) is 6.37. The van der Waals surface area contributed by atoms with Gasteiger partial charge >= 0.3 is 0 Å². The standard InChI is InChI=1S/C20H20N4S/c1-15(2)24-12-16(10-22-24)11-23-14-21-19(17-6-4-3-5-7-17)20(23)18-8-9-25-13-18/h3-10,12-15H,11H2,1-2H3. The van der Waals surface area contributed by atoms with Crippen LogP contribution in [0.5, 0.6) is 0 Å². The van der Waals surface area contributed by atoms with Crippen molar-refractivity contribution in [3.8, 4) is 22.5 Å². The van der Waals surface area contributed by atoms with Gasteiger partial charge in [-0.1, -0.05) is 30.3 Å². The molecule has 0 N–H and O–H groups in total. The molecule has 25 heavy (non-hydrogen) atoms. The molecule has 0 aliphatic carbocycles. The summed E-state index contributed by atoms with van der Waals surface area (Å²) in [5, 5.41) is 8.74. The summed E-state index contributed by atoms with van der Waals surface area (Å²) in [4.78, 5) is 4.72. The third-order valence-electron chi connectivity index (χ3n) is 4.22. The van der Waals surface area contributed by atoms with E-state index >= 15 is 0 Å². The first-order valence-electron chi connectivity index (χ1n) is 8.38. The van der Waals surface area contributed by atoms with Gasteiger partial charge in [-0.25, -0.2) is 4.98 Å². The lowest BCUT2D eigenvalue weighted by Crippen LogP contribution is -2.01. The van der Waals surface area contributed by atoms with Gasteiger partial charge in [0.1, 0.15) is 0 Å². The highest BCUT2D eigenvalue weighted by Gasteiger charge is 2.16. The minimum atomic E-state index is 0.368. The fourth-order valence-electron chi connectivity index (χ4n) is 2.95. The van der Waals surface area contributed by atoms with Crippen LogP contribution in [0.15, 0.2) is 65.9 Å². The fourth-order valence-corrected chi connectivity index (χ4v) is 3.59. The van der Waals surface area contributed by atoms with Crippen LogP contribution in [0.2, 0.25) is 0 Å². The summed E-state index contributed by atoms with van der Waals surface area (Å²) in [5.41, 5.74) is 5.71. The van der Waals surface area contributed by atoms with Crippen molar-refractivity contribution in [1.82, 2.24) is 19.3 Å². The molecule has 4 rings (SSSR count). The molecule has 0 fully saturated rings. The van der Waals surface area contributed by atoms with Crippen molar-refractivity contribution < 1.29 is 0 Å². The van der Waals surface area contributed by atoms with Gasteiger partial charge in [0.15, 0.2) is 0 Å². The van der Waals surface area contributed by atoms with Crippen molar-refractivity contribution in [2.24, 2.45) is 0 Å². The van der Waals surface area contributed by atoms with Crippen molar-refractivity contribution >= 4 is 11.3 Å². The Morgan fingerprint density at radius 3 is 2.60 bits per heavy atom. The van der Waals surface area contributed by atoms with Gasteiger partial charge in [-0.05, 0) is 25.3 Å². The predicted molar refractivity (Wildman–Crippen MR) is 103 cm³/mol. The molecule has 1 aromatic carbocycles. The van der Waals surface area contributed by atoms with Crippen molar-refractivity contribution in [3.63, 3.8) is 0 Å². The van der Waals surface area contributed by atoms with E-state index in [4.69, 9.17) is 4.98 Å². The van der Waals surface area contributed by atoms with Gasteiger partial charge in [-0.15, -0.1) is 0 Å². The van der Waals surface area contributed by atoms with Gasteiger partial charge in [0, 0.05) is 34.3 Å². The number of benzene rings is 1. The number of thiophene rings is 1. The normalized spacial score (nSPS) is 11.3. The molecule has 3 heterocycles. The third kappa shape index (κ3) is 3.15. The first kappa shape index (κ1) is 15.8. The Balaban J connectivity index is 1.76. The quantitative estimate of drug-likeness (QED) is 0.503. The summed E-state index contributed by atoms with van der Waals surface area (Å²) in [6.07, 6.45) is 5.99. The Morgan fingerprint density at radius 2 is 1.92 bits per heavy atom. The molecule has 0 atom stereocenters. The maximum absolute atomic E-state index is 4.72. The summed E-state index contributed by atoms with van der Waals surface area (Å²) in [6.45, 7) is 5.04. The maximum Gasteiger partial charge on any atom is 0.0963 e. The number of aromatic nitrogens is 4. The molecular formula is C20H20N4S. The molecule has 0 bridgehead atoms. The molecule has 0 radical (unpaired) electrons. The molecule has 4 aromatic rings. The summed E-state index contributed by atoms with van der Waals surface area (Å²) >= 11 is 1.71. The van der Waals surface area contributed by atoms with E-state index in [0.717, 1.165) is 23.5 Å². The van der Waals surface area contributed by atoms with Crippen molar-refractivity contribution in [1.29, 1.82) is 0 Å². The maximum atomic E-state index is 4.72. The highest BCUT2D eigenvalue weighted by Crippen LogP contribution is 2.32. The van der Waals surface area contributed by atoms with E-state index in [-0.39, 0.29) is 0 Å². The monoisotopic (exact) mass is 348 g/mol. The van der Waals surface area contributed by atoms with Gasteiger partial charge < -0.3 is 4.57 Å². The van der Waals surface area contributed by atoms with Crippen molar-refractivity contribution in [2.75, 3.05) is 0 Å².